The molecule has 0 unspecified atom stereocenters. The highest BCUT2D eigenvalue weighted by molar-refractivity contribution is 9.10. The number of amides is 1. The largest absolute Gasteiger partial charge is 0.316 e. The molecule has 0 aromatic heterocycles. The van der Waals surface area contributed by atoms with E-state index >= 15 is 0 Å². The number of halogens is 1. The van der Waals surface area contributed by atoms with E-state index in [1.807, 2.05) is 60.4 Å². The maximum absolute atomic E-state index is 12.6. The molecular weight excluding hydrogens is 460 g/mol. The van der Waals surface area contributed by atoms with Gasteiger partial charge in [-0.3, -0.25) is 4.79 Å². The van der Waals surface area contributed by atoms with Gasteiger partial charge in [-0.05, 0) is 36.8 Å². The van der Waals surface area contributed by atoms with Crippen molar-refractivity contribution in [3.05, 3.63) is 64.1 Å². The van der Waals surface area contributed by atoms with Crippen LogP contribution in [0.3, 0.4) is 0 Å². The van der Waals surface area contributed by atoms with E-state index in [2.05, 4.69) is 20.9 Å². The minimum atomic E-state index is -3.07. The Morgan fingerprint density at radius 2 is 1.82 bits per heavy atom. The van der Waals surface area contributed by atoms with Crippen LogP contribution in [0.25, 0.3) is 0 Å². The number of aryl methyl sites for hydroxylation is 1. The first-order valence-electron chi connectivity index (χ1n) is 8.90. The Morgan fingerprint density at radius 3 is 2.50 bits per heavy atom. The van der Waals surface area contributed by atoms with E-state index in [-0.39, 0.29) is 35.1 Å². The second-order valence-electron chi connectivity index (χ2n) is 7.10. The number of rotatable bonds is 3. The SMILES string of the molecule is Cc1ccc(CC(=O)N=C2S[C@H]3CS(=O)(=O)C[C@@H]3N2c2ccc(Br)cc2)cc1. The van der Waals surface area contributed by atoms with Gasteiger partial charge in [-0.1, -0.05) is 57.5 Å². The third kappa shape index (κ3) is 4.18. The molecular formula is C20H19BrN2O3S2. The van der Waals surface area contributed by atoms with Crippen LogP contribution in [0.4, 0.5) is 5.69 Å². The molecule has 146 valence electrons. The summed E-state index contributed by atoms with van der Waals surface area (Å²) in [4.78, 5) is 18.9. The van der Waals surface area contributed by atoms with Gasteiger partial charge in [-0.2, -0.15) is 4.99 Å². The summed E-state index contributed by atoms with van der Waals surface area (Å²) in [5.74, 6) is -0.0109. The Balaban J connectivity index is 1.62. The van der Waals surface area contributed by atoms with Gasteiger partial charge in [0, 0.05) is 15.4 Å². The minimum Gasteiger partial charge on any atom is -0.316 e. The Bertz CT molecular complexity index is 1030. The number of carbonyl (C=O) groups is 1. The number of anilines is 1. The molecule has 2 aliphatic heterocycles. The highest BCUT2D eigenvalue weighted by Gasteiger charge is 2.49. The third-order valence-corrected chi connectivity index (χ3v) is 8.61. The molecule has 2 aromatic rings. The number of thioether (sulfide) groups is 1. The lowest BCUT2D eigenvalue weighted by molar-refractivity contribution is -0.117. The summed E-state index contributed by atoms with van der Waals surface area (Å²) >= 11 is 4.82. The summed E-state index contributed by atoms with van der Waals surface area (Å²) < 4.78 is 25.2. The van der Waals surface area contributed by atoms with Crippen LogP contribution >= 0.6 is 27.7 Å². The maximum atomic E-state index is 12.6. The highest BCUT2D eigenvalue weighted by Crippen LogP contribution is 2.41. The zero-order valence-electron chi connectivity index (χ0n) is 15.2. The molecule has 0 aliphatic carbocycles. The van der Waals surface area contributed by atoms with Gasteiger partial charge in [0.05, 0.1) is 24.0 Å². The Kier molecular flexibility index (Phi) is 5.37. The smallest absolute Gasteiger partial charge is 0.252 e. The van der Waals surface area contributed by atoms with E-state index in [1.54, 1.807) is 0 Å². The number of fused-ring (bicyclic) bond motifs is 1. The number of amidine groups is 1. The van der Waals surface area contributed by atoms with Crippen LogP contribution in [0.5, 0.6) is 0 Å². The summed E-state index contributed by atoms with van der Waals surface area (Å²) in [5.41, 5.74) is 2.91. The van der Waals surface area contributed by atoms with Gasteiger partial charge >= 0.3 is 0 Å². The topological polar surface area (TPSA) is 66.8 Å². The Morgan fingerprint density at radius 1 is 1.14 bits per heavy atom. The summed E-state index contributed by atoms with van der Waals surface area (Å²) in [6.45, 7) is 2.00. The van der Waals surface area contributed by atoms with Crippen molar-refractivity contribution in [2.75, 3.05) is 16.4 Å². The summed E-state index contributed by atoms with van der Waals surface area (Å²) in [6.07, 6.45) is 0.228. The predicted molar refractivity (Wildman–Crippen MR) is 118 cm³/mol. The number of aliphatic imine (C=N–C) groups is 1. The normalized spacial score (nSPS) is 24.5. The molecule has 0 radical (unpaired) electrons. The Hall–Kier alpha value is -1.64. The first-order chi connectivity index (χ1) is 13.3. The number of hydrogen-bond acceptors (Lipinski definition) is 4. The van der Waals surface area contributed by atoms with E-state index in [9.17, 15) is 13.2 Å². The molecule has 0 spiro atoms. The van der Waals surface area contributed by atoms with Crippen LogP contribution < -0.4 is 4.90 Å². The van der Waals surface area contributed by atoms with Gasteiger partial charge in [0.1, 0.15) is 0 Å². The van der Waals surface area contributed by atoms with Gasteiger partial charge < -0.3 is 4.90 Å². The molecule has 2 aliphatic rings. The van der Waals surface area contributed by atoms with Crippen molar-refractivity contribution in [2.45, 2.75) is 24.6 Å². The van der Waals surface area contributed by atoms with Crippen LogP contribution in [0.2, 0.25) is 0 Å². The predicted octanol–water partition coefficient (Wildman–Crippen LogP) is 3.60. The second kappa shape index (κ2) is 7.65. The van der Waals surface area contributed by atoms with E-state index in [0.29, 0.717) is 5.17 Å². The van der Waals surface area contributed by atoms with Gasteiger partial charge in [-0.15, -0.1) is 0 Å². The lowest BCUT2D eigenvalue weighted by atomic mass is 10.1. The van der Waals surface area contributed by atoms with Crippen LogP contribution in [-0.2, 0) is 21.1 Å². The first-order valence-corrected chi connectivity index (χ1v) is 12.4. The third-order valence-electron chi connectivity index (χ3n) is 4.87. The molecule has 1 amide bonds. The van der Waals surface area contributed by atoms with Crippen LogP contribution in [0.15, 0.2) is 58.0 Å². The molecule has 2 saturated heterocycles. The van der Waals surface area contributed by atoms with Crippen molar-refractivity contribution in [3.63, 3.8) is 0 Å². The highest BCUT2D eigenvalue weighted by atomic mass is 79.9. The maximum Gasteiger partial charge on any atom is 0.252 e. The van der Waals surface area contributed by atoms with E-state index in [4.69, 9.17) is 0 Å². The van der Waals surface area contributed by atoms with Crippen molar-refractivity contribution < 1.29 is 13.2 Å². The molecule has 4 rings (SSSR count). The molecule has 5 nitrogen and oxygen atoms in total. The molecule has 2 atom stereocenters. The number of carbonyl (C=O) groups excluding carboxylic acids is 1. The molecule has 28 heavy (non-hydrogen) atoms. The number of hydrogen-bond donors (Lipinski definition) is 0. The molecule has 2 aromatic carbocycles. The average Bonchev–Trinajstić information content (AvgIpc) is 3.09. The molecule has 2 fully saturated rings. The fourth-order valence-corrected chi connectivity index (χ4v) is 7.69. The number of nitrogens with zero attached hydrogens (tertiary/aromatic N) is 2. The second-order valence-corrected chi connectivity index (χ2v) is 11.4. The monoisotopic (exact) mass is 478 g/mol. The number of sulfone groups is 1. The van der Waals surface area contributed by atoms with Crippen molar-refractivity contribution in [1.82, 2.24) is 0 Å². The molecule has 2 heterocycles. The zero-order valence-corrected chi connectivity index (χ0v) is 18.4. The molecule has 0 bridgehead atoms. The number of benzene rings is 2. The van der Waals surface area contributed by atoms with Crippen LogP contribution in [0, 0.1) is 6.92 Å². The minimum absolute atomic E-state index is 0.0892. The van der Waals surface area contributed by atoms with E-state index < -0.39 is 9.84 Å². The summed E-state index contributed by atoms with van der Waals surface area (Å²) in [7, 11) is -3.07. The van der Waals surface area contributed by atoms with Gasteiger partial charge in [0.2, 0.25) is 0 Å². The zero-order chi connectivity index (χ0) is 19.9. The van der Waals surface area contributed by atoms with Gasteiger partial charge in [0.25, 0.3) is 5.91 Å². The lowest BCUT2D eigenvalue weighted by Crippen LogP contribution is -2.37. The van der Waals surface area contributed by atoms with Crippen LogP contribution in [-0.4, -0.2) is 42.3 Å². The van der Waals surface area contributed by atoms with Crippen LogP contribution in [0.1, 0.15) is 11.1 Å². The first kappa shape index (κ1) is 19.7. The van der Waals surface area contributed by atoms with Crippen molar-refractivity contribution in [3.8, 4) is 0 Å². The van der Waals surface area contributed by atoms with Crippen molar-refractivity contribution in [1.29, 1.82) is 0 Å². The molecule has 8 heteroatoms. The van der Waals surface area contributed by atoms with Crippen molar-refractivity contribution >= 4 is 54.3 Å². The van der Waals surface area contributed by atoms with E-state index in [0.717, 1.165) is 21.3 Å². The molecule has 0 N–H and O–H groups in total. The molecule has 0 saturated carbocycles. The van der Waals surface area contributed by atoms with Gasteiger partial charge in [0.15, 0.2) is 15.0 Å². The quantitative estimate of drug-likeness (QED) is 0.673. The fourth-order valence-electron chi connectivity index (χ4n) is 3.49. The average molecular weight is 479 g/mol. The Labute approximate surface area is 177 Å². The van der Waals surface area contributed by atoms with Gasteiger partial charge in [-0.25, -0.2) is 8.42 Å². The van der Waals surface area contributed by atoms with Crippen molar-refractivity contribution in [2.24, 2.45) is 4.99 Å². The fraction of sp³-hybridized carbons (Fsp3) is 0.300. The van der Waals surface area contributed by atoms with E-state index in [1.165, 1.54) is 11.8 Å². The lowest BCUT2D eigenvalue weighted by Gasteiger charge is -2.24. The summed E-state index contributed by atoms with van der Waals surface area (Å²) in [5, 5.41) is 0.490. The summed E-state index contributed by atoms with van der Waals surface area (Å²) in [6, 6.07) is 15.3. The standard InChI is InChI=1S/C20H19BrN2O3S2/c1-13-2-4-14(5-3-13)10-19(24)22-20-23(16-8-6-15(21)7-9-16)17-11-28(25,26)12-18(17)27-20/h2-9,17-18H,10-12H2,1H3/t17-,18-/m0/s1.